The van der Waals surface area contributed by atoms with Gasteiger partial charge in [0.15, 0.2) is 0 Å². The monoisotopic (exact) mass is 377 g/mol. The lowest BCUT2D eigenvalue weighted by atomic mass is 9.91. The standard InChI is InChI=1S/C22H23N3O3/c1-2-28-22(27)19-13-15-12-16(8-9-18(15)25-19)24-21(26)20-17(10-11-23-20)14-6-4-3-5-7-14/h3-9,12-13,17,20,23,25H,2,10-11H2,1H3,(H,24,26)/t17-,20-/m1/s1. The van der Waals surface area contributed by atoms with E-state index in [0.717, 1.165) is 23.9 Å². The van der Waals surface area contributed by atoms with Crippen LogP contribution in [0.3, 0.4) is 0 Å². The molecule has 4 rings (SSSR count). The zero-order chi connectivity index (χ0) is 19.5. The number of H-pyrrole nitrogens is 1. The van der Waals surface area contributed by atoms with Gasteiger partial charge < -0.3 is 20.4 Å². The minimum atomic E-state index is -0.384. The molecule has 1 aliphatic heterocycles. The molecule has 1 amide bonds. The molecule has 0 aliphatic carbocycles. The number of hydrogen-bond donors (Lipinski definition) is 3. The number of amides is 1. The maximum Gasteiger partial charge on any atom is 0.354 e. The van der Waals surface area contributed by atoms with Gasteiger partial charge in [-0.3, -0.25) is 4.79 Å². The van der Waals surface area contributed by atoms with Gasteiger partial charge in [0.05, 0.1) is 12.6 Å². The summed E-state index contributed by atoms with van der Waals surface area (Å²) in [6.07, 6.45) is 0.932. The van der Waals surface area contributed by atoms with Crippen molar-refractivity contribution in [2.75, 3.05) is 18.5 Å². The Morgan fingerprint density at radius 1 is 1.14 bits per heavy atom. The van der Waals surface area contributed by atoms with Crippen molar-refractivity contribution in [3.63, 3.8) is 0 Å². The van der Waals surface area contributed by atoms with Crippen LogP contribution < -0.4 is 10.6 Å². The van der Waals surface area contributed by atoms with E-state index >= 15 is 0 Å². The van der Waals surface area contributed by atoms with Crippen molar-refractivity contribution >= 4 is 28.5 Å². The SMILES string of the molecule is CCOC(=O)c1cc2cc(NC(=O)[C@@H]3NCC[C@@H]3c3ccccc3)ccc2[nH]1. The number of nitrogens with one attached hydrogen (secondary N) is 3. The number of esters is 1. The van der Waals surface area contributed by atoms with E-state index in [4.69, 9.17) is 4.74 Å². The van der Waals surface area contributed by atoms with Gasteiger partial charge in [0, 0.05) is 22.5 Å². The van der Waals surface area contributed by atoms with E-state index in [1.165, 1.54) is 5.56 Å². The molecule has 28 heavy (non-hydrogen) atoms. The van der Waals surface area contributed by atoms with Gasteiger partial charge in [0.1, 0.15) is 5.69 Å². The van der Waals surface area contributed by atoms with E-state index in [0.29, 0.717) is 18.0 Å². The summed E-state index contributed by atoms with van der Waals surface area (Å²) in [5.41, 5.74) is 3.10. The Balaban J connectivity index is 1.51. The van der Waals surface area contributed by atoms with E-state index in [1.54, 1.807) is 13.0 Å². The van der Waals surface area contributed by atoms with Crippen molar-refractivity contribution in [1.29, 1.82) is 0 Å². The zero-order valence-corrected chi connectivity index (χ0v) is 15.7. The van der Waals surface area contributed by atoms with Gasteiger partial charge in [-0.05, 0) is 49.7 Å². The molecule has 1 saturated heterocycles. The van der Waals surface area contributed by atoms with Crippen LogP contribution in [0.4, 0.5) is 5.69 Å². The van der Waals surface area contributed by atoms with E-state index in [2.05, 4.69) is 27.8 Å². The zero-order valence-electron chi connectivity index (χ0n) is 15.7. The molecule has 0 unspecified atom stereocenters. The number of benzene rings is 2. The van der Waals surface area contributed by atoms with Gasteiger partial charge in [-0.1, -0.05) is 30.3 Å². The third-order valence-electron chi connectivity index (χ3n) is 5.12. The molecule has 3 aromatic rings. The van der Waals surface area contributed by atoms with Gasteiger partial charge in [-0.25, -0.2) is 4.79 Å². The molecule has 0 radical (unpaired) electrons. The molecule has 0 spiro atoms. The maximum atomic E-state index is 12.9. The molecule has 2 heterocycles. The highest BCUT2D eigenvalue weighted by atomic mass is 16.5. The lowest BCUT2D eigenvalue weighted by Gasteiger charge is -2.19. The largest absolute Gasteiger partial charge is 0.461 e. The van der Waals surface area contributed by atoms with Crippen LogP contribution in [-0.2, 0) is 9.53 Å². The first-order chi connectivity index (χ1) is 13.7. The molecule has 1 aliphatic rings. The Bertz CT molecular complexity index is 997. The number of ether oxygens (including phenoxy) is 1. The average Bonchev–Trinajstić information content (AvgIpc) is 3.36. The molecule has 1 fully saturated rings. The van der Waals surface area contributed by atoms with Gasteiger partial charge in [0.2, 0.25) is 5.91 Å². The number of carbonyl (C=O) groups excluding carboxylic acids is 2. The highest BCUT2D eigenvalue weighted by Crippen LogP contribution is 2.29. The van der Waals surface area contributed by atoms with E-state index < -0.39 is 0 Å². The number of fused-ring (bicyclic) bond motifs is 1. The molecular formula is C22H23N3O3. The fourth-order valence-corrected chi connectivity index (χ4v) is 3.79. The quantitative estimate of drug-likeness (QED) is 0.595. The average molecular weight is 377 g/mol. The van der Waals surface area contributed by atoms with Gasteiger partial charge in [-0.2, -0.15) is 0 Å². The maximum absolute atomic E-state index is 12.9. The van der Waals surface area contributed by atoms with Crippen LogP contribution in [0.15, 0.2) is 54.6 Å². The second-order valence-electron chi connectivity index (χ2n) is 6.93. The summed E-state index contributed by atoms with van der Waals surface area (Å²) < 4.78 is 5.03. The lowest BCUT2D eigenvalue weighted by molar-refractivity contribution is -0.118. The summed E-state index contributed by atoms with van der Waals surface area (Å²) in [7, 11) is 0. The molecule has 144 valence electrons. The Morgan fingerprint density at radius 2 is 1.96 bits per heavy atom. The Kier molecular flexibility index (Phi) is 5.12. The van der Waals surface area contributed by atoms with Crippen LogP contribution in [0.25, 0.3) is 10.9 Å². The third kappa shape index (κ3) is 3.64. The number of hydrogen-bond acceptors (Lipinski definition) is 4. The number of aromatic amines is 1. The molecular weight excluding hydrogens is 354 g/mol. The predicted octanol–water partition coefficient (Wildman–Crippen LogP) is 3.43. The topological polar surface area (TPSA) is 83.2 Å². The summed E-state index contributed by atoms with van der Waals surface area (Å²) in [4.78, 5) is 27.8. The summed E-state index contributed by atoms with van der Waals surface area (Å²) in [6.45, 7) is 2.91. The van der Waals surface area contributed by atoms with Gasteiger partial charge in [0.25, 0.3) is 0 Å². The first kappa shape index (κ1) is 18.3. The molecule has 6 heteroatoms. The number of anilines is 1. The summed E-state index contributed by atoms with van der Waals surface area (Å²) in [5, 5.41) is 7.17. The Hall–Kier alpha value is -3.12. The number of carbonyl (C=O) groups is 2. The van der Waals surface area contributed by atoms with Crippen LogP contribution in [-0.4, -0.2) is 36.1 Å². The molecule has 2 aromatic carbocycles. The van der Waals surface area contributed by atoms with E-state index in [-0.39, 0.29) is 23.8 Å². The molecule has 3 N–H and O–H groups in total. The van der Waals surface area contributed by atoms with Crippen molar-refractivity contribution in [3.05, 3.63) is 65.9 Å². The van der Waals surface area contributed by atoms with Crippen LogP contribution >= 0.6 is 0 Å². The van der Waals surface area contributed by atoms with Crippen LogP contribution in [0, 0.1) is 0 Å². The lowest BCUT2D eigenvalue weighted by Crippen LogP contribution is -2.39. The summed E-state index contributed by atoms with van der Waals surface area (Å²) in [5.74, 6) is -0.274. The number of rotatable bonds is 5. The molecule has 0 saturated carbocycles. The minimum absolute atomic E-state index is 0.0492. The fourth-order valence-electron chi connectivity index (χ4n) is 3.79. The van der Waals surface area contributed by atoms with Crippen molar-refractivity contribution in [1.82, 2.24) is 10.3 Å². The minimum Gasteiger partial charge on any atom is -0.461 e. The highest BCUT2D eigenvalue weighted by Gasteiger charge is 2.33. The first-order valence-electron chi connectivity index (χ1n) is 9.55. The third-order valence-corrected chi connectivity index (χ3v) is 5.12. The number of aromatic nitrogens is 1. The van der Waals surface area contributed by atoms with Gasteiger partial charge in [-0.15, -0.1) is 0 Å². The predicted molar refractivity (Wildman–Crippen MR) is 108 cm³/mol. The molecule has 2 atom stereocenters. The van der Waals surface area contributed by atoms with Crippen LogP contribution in [0.2, 0.25) is 0 Å². The van der Waals surface area contributed by atoms with E-state index in [9.17, 15) is 9.59 Å². The first-order valence-corrected chi connectivity index (χ1v) is 9.55. The van der Waals surface area contributed by atoms with Crippen molar-refractivity contribution in [3.8, 4) is 0 Å². The van der Waals surface area contributed by atoms with Crippen molar-refractivity contribution in [2.24, 2.45) is 0 Å². The molecule has 1 aromatic heterocycles. The Morgan fingerprint density at radius 3 is 2.75 bits per heavy atom. The van der Waals surface area contributed by atoms with Crippen molar-refractivity contribution < 1.29 is 14.3 Å². The highest BCUT2D eigenvalue weighted by molar-refractivity contribution is 5.99. The smallest absolute Gasteiger partial charge is 0.354 e. The van der Waals surface area contributed by atoms with Crippen LogP contribution in [0.1, 0.15) is 35.3 Å². The summed E-state index contributed by atoms with van der Waals surface area (Å²) in [6, 6.07) is 17.1. The van der Waals surface area contributed by atoms with E-state index in [1.807, 2.05) is 36.4 Å². The fraction of sp³-hybridized carbons (Fsp3) is 0.273. The molecule has 6 nitrogen and oxygen atoms in total. The van der Waals surface area contributed by atoms with Gasteiger partial charge >= 0.3 is 5.97 Å². The Labute approximate surface area is 163 Å². The molecule has 0 bridgehead atoms. The summed E-state index contributed by atoms with van der Waals surface area (Å²) >= 11 is 0. The normalized spacial score (nSPS) is 18.9. The van der Waals surface area contributed by atoms with Crippen molar-refractivity contribution in [2.45, 2.75) is 25.3 Å². The van der Waals surface area contributed by atoms with Crippen LogP contribution in [0.5, 0.6) is 0 Å². The second kappa shape index (κ2) is 7.86. The second-order valence-corrected chi connectivity index (χ2v) is 6.93.